The normalized spacial score (nSPS) is 11.0. The average Bonchev–Trinajstić information content (AvgIpc) is 2.66. The van der Waals surface area contributed by atoms with Crippen molar-refractivity contribution in [3.05, 3.63) is 47.2 Å². The van der Waals surface area contributed by atoms with Crippen molar-refractivity contribution in [1.29, 1.82) is 0 Å². The van der Waals surface area contributed by atoms with Crippen LogP contribution in [0.15, 0.2) is 30.3 Å². The first-order valence-electron chi connectivity index (χ1n) is 8.12. The van der Waals surface area contributed by atoms with E-state index < -0.39 is 0 Å². The van der Waals surface area contributed by atoms with Gasteiger partial charge in [0, 0.05) is 16.6 Å². The molecule has 0 fully saturated rings. The number of nitrogens with zero attached hydrogens (tertiary/aromatic N) is 1. The smallest absolute Gasteiger partial charge is 0.203 e. The monoisotopic (exact) mass is 355 g/mol. The minimum Gasteiger partial charge on any atom is -0.504 e. The zero-order valence-electron chi connectivity index (χ0n) is 14.9. The van der Waals surface area contributed by atoms with E-state index in [9.17, 15) is 15.3 Å². The second-order valence-corrected chi connectivity index (χ2v) is 5.98. The van der Waals surface area contributed by atoms with Crippen LogP contribution < -0.4 is 9.47 Å². The molecule has 0 aliphatic heterocycles. The molecule has 0 aliphatic rings. The van der Waals surface area contributed by atoms with Crippen LogP contribution in [0.1, 0.15) is 16.8 Å². The van der Waals surface area contributed by atoms with Crippen LogP contribution in [0.4, 0.5) is 0 Å². The average molecular weight is 355 g/mol. The number of aromatic nitrogens is 1. The molecule has 136 valence electrons. The van der Waals surface area contributed by atoms with Crippen LogP contribution in [0, 0.1) is 6.92 Å². The third-order valence-electron chi connectivity index (χ3n) is 4.44. The summed E-state index contributed by atoms with van der Waals surface area (Å²) in [5.41, 5.74) is 3.48. The number of benzene rings is 2. The lowest BCUT2D eigenvalue weighted by Crippen LogP contribution is -1.97. The lowest BCUT2D eigenvalue weighted by atomic mass is 9.99. The molecule has 0 bridgehead atoms. The molecule has 0 aliphatic carbocycles. The van der Waals surface area contributed by atoms with Crippen LogP contribution in [0.3, 0.4) is 0 Å². The van der Waals surface area contributed by atoms with Crippen molar-refractivity contribution < 1.29 is 24.8 Å². The van der Waals surface area contributed by atoms with Gasteiger partial charge >= 0.3 is 0 Å². The molecule has 0 radical (unpaired) electrons. The minimum atomic E-state index is -0.153. The molecule has 6 nitrogen and oxygen atoms in total. The number of hydrogen-bond acceptors (Lipinski definition) is 6. The fraction of sp³-hybridized carbons (Fsp3) is 0.250. The van der Waals surface area contributed by atoms with Gasteiger partial charge in [-0.15, -0.1) is 0 Å². The number of rotatable bonds is 5. The van der Waals surface area contributed by atoms with Crippen LogP contribution >= 0.6 is 0 Å². The molecule has 0 saturated carbocycles. The van der Waals surface area contributed by atoms with Crippen molar-refractivity contribution >= 4 is 10.8 Å². The van der Waals surface area contributed by atoms with E-state index in [4.69, 9.17) is 9.47 Å². The van der Waals surface area contributed by atoms with Crippen molar-refractivity contribution in [3.8, 4) is 28.5 Å². The molecule has 26 heavy (non-hydrogen) atoms. The standard InChI is InChI=1S/C20H21NO5/c1-11-16-5-15(10-23)14(9-22)4-12(16)6-17(21-11)13-7-18(24)20(26-3)19(8-13)25-2/h4-8,22-24H,9-10H2,1-3H3. The van der Waals surface area contributed by atoms with Crippen molar-refractivity contribution in [2.75, 3.05) is 14.2 Å². The number of phenolic OH excluding ortho intramolecular Hbond substituents is 1. The van der Waals surface area contributed by atoms with Gasteiger partial charge in [0.05, 0.1) is 33.1 Å². The molecule has 3 rings (SSSR count). The Morgan fingerprint density at radius 3 is 2.23 bits per heavy atom. The number of aliphatic hydroxyl groups excluding tert-OH is 2. The van der Waals surface area contributed by atoms with E-state index >= 15 is 0 Å². The lowest BCUT2D eigenvalue weighted by Gasteiger charge is -2.14. The second-order valence-electron chi connectivity index (χ2n) is 5.98. The summed E-state index contributed by atoms with van der Waals surface area (Å²) in [5, 5.41) is 31.0. The highest BCUT2D eigenvalue weighted by molar-refractivity contribution is 5.89. The Kier molecular flexibility index (Phi) is 4.97. The summed E-state index contributed by atoms with van der Waals surface area (Å²) in [6.07, 6.45) is 0. The highest BCUT2D eigenvalue weighted by Gasteiger charge is 2.15. The number of fused-ring (bicyclic) bond motifs is 1. The predicted octanol–water partition coefficient (Wildman–Crippen LogP) is 2.92. The van der Waals surface area contributed by atoms with Crippen molar-refractivity contribution in [1.82, 2.24) is 4.98 Å². The summed E-state index contributed by atoms with van der Waals surface area (Å²) < 4.78 is 10.5. The van der Waals surface area contributed by atoms with Crippen molar-refractivity contribution in [3.63, 3.8) is 0 Å². The maximum absolute atomic E-state index is 10.2. The fourth-order valence-corrected chi connectivity index (χ4v) is 3.10. The molecule has 0 atom stereocenters. The highest BCUT2D eigenvalue weighted by Crippen LogP contribution is 2.40. The Morgan fingerprint density at radius 1 is 0.923 bits per heavy atom. The van der Waals surface area contributed by atoms with Gasteiger partial charge in [0.2, 0.25) is 5.75 Å². The summed E-state index contributed by atoms with van der Waals surface area (Å²) in [6, 6.07) is 8.90. The Balaban J connectivity index is 2.22. The summed E-state index contributed by atoms with van der Waals surface area (Å²) in [7, 11) is 2.97. The first kappa shape index (κ1) is 18.0. The maximum Gasteiger partial charge on any atom is 0.203 e. The quantitative estimate of drug-likeness (QED) is 0.652. The molecule has 6 heteroatoms. The van der Waals surface area contributed by atoms with E-state index in [2.05, 4.69) is 4.98 Å². The molecule has 0 amide bonds. The highest BCUT2D eigenvalue weighted by atomic mass is 16.5. The van der Waals surface area contributed by atoms with E-state index in [0.29, 0.717) is 28.1 Å². The van der Waals surface area contributed by atoms with Gasteiger partial charge in [0.25, 0.3) is 0 Å². The third-order valence-corrected chi connectivity index (χ3v) is 4.44. The van der Waals surface area contributed by atoms with Crippen molar-refractivity contribution in [2.24, 2.45) is 0 Å². The van der Waals surface area contributed by atoms with Crippen LogP contribution in [0.25, 0.3) is 22.0 Å². The Labute approximate surface area is 151 Å². The van der Waals surface area contributed by atoms with E-state index in [1.165, 1.54) is 14.2 Å². The van der Waals surface area contributed by atoms with Gasteiger partial charge in [0.1, 0.15) is 0 Å². The summed E-state index contributed by atoms with van der Waals surface area (Å²) >= 11 is 0. The second kappa shape index (κ2) is 7.19. The van der Waals surface area contributed by atoms with Gasteiger partial charge in [0.15, 0.2) is 11.5 Å². The Bertz CT molecular complexity index is 968. The summed E-state index contributed by atoms with van der Waals surface area (Å²) in [5.74, 6) is 0.644. The first-order valence-corrected chi connectivity index (χ1v) is 8.12. The molecule has 0 saturated heterocycles. The number of aryl methyl sites for hydroxylation is 1. The predicted molar refractivity (Wildman–Crippen MR) is 98.5 cm³/mol. The van der Waals surface area contributed by atoms with E-state index in [0.717, 1.165) is 16.5 Å². The van der Waals surface area contributed by atoms with Gasteiger partial charge in [-0.25, -0.2) is 0 Å². The number of aromatic hydroxyl groups is 1. The number of pyridine rings is 1. The number of hydrogen-bond donors (Lipinski definition) is 3. The number of methoxy groups -OCH3 is 2. The molecule has 3 aromatic rings. The number of phenols is 1. The number of aliphatic hydroxyl groups is 2. The van der Waals surface area contributed by atoms with E-state index in [-0.39, 0.29) is 24.7 Å². The minimum absolute atomic E-state index is 0.0342. The van der Waals surface area contributed by atoms with Crippen LogP contribution in [0.2, 0.25) is 0 Å². The van der Waals surface area contributed by atoms with Crippen LogP contribution in [-0.4, -0.2) is 34.5 Å². The first-order chi connectivity index (χ1) is 12.5. The Hall–Kier alpha value is -2.83. The molecular weight excluding hydrogens is 334 g/mol. The SMILES string of the molecule is COc1cc(-c2cc3cc(CO)c(CO)cc3c(C)n2)cc(O)c1OC. The van der Waals surface area contributed by atoms with Gasteiger partial charge in [-0.3, -0.25) is 4.98 Å². The molecule has 0 unspecified atom stereocenters. The van der Waals surface area contributed by atoms with Gasteiger partial charge in [-0.1, -0.05) is 0 Å². The van der Waals surface area contributed by atoms with Crippen LogP contribution in [0.5, 0.6) is 17.2 Å². The molecule has 1 aromatic heterocycles. The number of ether oxygens (including phenoxy) is 2. The lowest BCUT2D eigenvalue weighted by molar-refractivity contribution is 0.260. The topological polar surface area (TPSA) is 92.0 Å². The molecule has 0 spiro atoms. The van der Waals surface area contributed by atoms with E-state index in [1.54, 1.807) is 12.1 Å². The van der Waals surface area contributed by atoms with E-state index in [1.807, 2.05) is 25.1 Å². The van der Waals surface area contributed by atoms with Gasteiger partial charge < -0.3 is 24.8 Å². The zero-order valence-corrected chi connectivity index (χ0v) is 14.9. The summed E-state index contributed by atoms with van der Waals surface area (Å²) in [6.45, 7) is 1.59. The summed E-state index contributed by atoms with van der Waals surface area (Å²) in [4.78, 5) is 4.62. The molecule has 2 aromatic carbocycles. The van der Waals surface area contributed by atoms with Crippen molar-refractivity contribution in [2.45, 2.75) is 20.1 Å². The Morgan fingerprint density at radius 2 is 1.62 bits per heavy atom. The maximum atomic E-state index is 10.2. The fourth-order valence-electron chi connectivity index (χ4n) is 3.10. The third kappa shape index (κ3) is 3.05. The molecule has 3 N–H and O–H groups in total. The largest absolute Gasteiger partial charge is 0.504 e. The van der Waals surface area contributed by atoms with Gasteiger partial charge in [-0.05, 0) is 53.8 Å². The molecule has 1 heterocycles. The zero-order chi connectivity index (χ0) is 18.8. The molecular formula is C20H21NO5. The van der Waals surface area contributed by atoms with Crippen LogP contribution in [-0.2, 0) is 13.2 Å². The van der Waals surface area contributed by atoms with Gasteiger partial charge in [-0.2, -0.15) is 0 Å².